The molecule has 0 aliphatic rings. The van der Waals surface area contributed by atoms with Crippen LogP contribution in [0, 0.1) is 10.8 Å². The Morgan fingerprint density at radius 3 is 2.25 bits per heavy atom. The van der Waals surface area contributed by atoms with Gasteiger partial charge in [0.2, 0.25) is 0 Å². The standard InChI is InChI=1S/C23H27N5O4/c1-28(2)23(31)15-6-4-14(5-7-15)18(24)13-20(29)21(26)17-9-8-16(12-19(17)25)22(30)27-10-11-32-3/h4-9,12-13,24,26,29H,10-11,25H2,1-3H3,(H,27,30)/b20-13-,24-18?,26-21?. The van der Waals surface area contributed by atoms with Crippen molar-refractivity contribution in [2.75, 3.05) is 40.1 Å². The Kier molecular flexibility index (Phi) is 8.25. The summed E-state index contributed by atoms with van der Waals surface area (Å²) >= 11 is 0. The van der Waals surface area contributed by atoms with Gasteiger partial charge in [-0.3, -0.25) is 15.0 Å². The summed E-state index contributed by atoms with van der Waals surface area (Å²) < 4.78 is 4.88. The van der Waals surface area contributed by atoms with Crippen LogP contribution < -0.4 is 11.1 Å². The maximum atomic E-state index is 12.1. The second kappa shape index (κ2) is 10.9. The first-order chi connectivity index (χ1) is 15.1. The fourth-order valence-corrected chi connectivity index (χ4v) is 2.78. The number of hydrogen-bond acceptors (Lipinski definition) is 7. The molecule has 0 atom stereocenters. The molecule has 0 bridgehead atoms. The molecule has 9 heteroatoms. The molecular formula is C23H27N5O4. The zero-order valence-corrected chi connectivity index (χ0v) is 18.2. The van der Waals surface area contributed by atoms with E-state index in [1.54, 1.807) is 38.4 Å². The lowest BCUT2D eigenvalue weighted by Crippen LogP contribution is -2.27. The van der Waals surface area contributed by atoms with Gasteiger partial charge in [0.15, 0.2) is 0 Å². The van der Waals surface area contributed by atoms with Gasteiger partial charge >= 0.3 is 0 Å². The number of hydrogen-bond donors (Lipinski definition) is 5. The van der Waals surface area contributed by atoms with Crippen LogP contribution in [0.15, 0.2) is 54.3 Å². The first-order valence-corrected chi connectivity index (χ1v) is 9.73. The Hall–Kier alpha value is -3.98. The Morgan fingerprint density at radius 1 is 1.09 bits per heavy atom. The van der Waals surface area contributed by atoms with Crippen molar-refractivity contribution in [3.8, 4) is 0 Å². The summed E-state index contributed by atoms with van der Waals surface area (Å²) in [6, 6.07) is 10.8. The van der Waals surface area contributed by atoms with Crippen LogP contribution in [-0.4, -0.2) is 67.6 Å². The number of allylic oxidation sites excluding steroid dienone is 2. The van der Waals surface area contributed by atoms with E-state index in [0.717, 1.165) is 6.08 Å². The second-order valence-electron chi connectivity index (χ2n) is 7.15. The molecular weight excluding hydrogens is 410 g/mol. The number of methoxy groups -OCH3 is 1. The third-order valence-electron chi connectivity index (χ3n) is 4.56. The smallest absolute Gasteiger partial charge is 0.253 e. The lowest BCUT2D eigenvalue weighted by molar-refractivity contribution is 0.0827. The number of aliphatic hydroxyl groups is 1. The van der Waals surface area contributed by atoms with Crippen LogP contribution in [-0.2, 0) is 4.74 Å². The van der Waals surface area contributed by atoms with Gasteiger partial charge in [-0.15, -0.1) is 0 Å². The summed E-state index contributed by atoms with van der Waals surface area (Å²) in [6.07, 6.45) is 1.13. The first kappa shape index (κ1) is 24.3. The Labute approximate surface area is 186 Å². The minimum Gasteiger partial charge on any atom is -0.506 e. The monoisotopic (exact) mass is 437 g/mol. The van der Waals surface area contributed by atoms with Crippen molar-refractivity contribution in [1.82, 2.24) is 10.2 Å². The molecule has 0 aliphatic heterocycles. The molecule has 0 unspecified atom stereocenters. The third-order valence-corrected chi connectivity index (χ3v) is 4.56. The van der Waals surface area contributed by atoms with Crippen LogP contribution in [0.25, 0.3) is 0 Å². The van der Waals surface area contributed by atoms with Crippen molar-refractivity contribution in [3.63, 3.8) is 0 Å². The minimum atomic E-state index is -0.451. The molecule has 2 rings (SSSR count). The van der Waals surface area contributed by atoms with Crippen molar-refractivity contribution in [2.24, 2.45) is 0 Å². The SMILES string of the molecule is COCCNC(=O)c1ccc(C(=N)/C(O)=C/C(=N)c2ccc(C(=O)N(C)C)cc2)c(N)c1. The van der Waals surface area contributed by atoms with E-state index in [-0.39, 0.29) is 34.5 Å². The number of nitrogens with one attached hydrogen (secondary N) is 3. The van der Waals surface area contributed by atoms with E-state index in [1.807, 2.05) is 0 Å². The normalized spacial score (nSPS) is 11.0. The molecule has 0 saturated heterocycles. The number of rotatable bonds is 9. The van der Waals surface area contributed by atoms with Crippen molar-refractivity contribution in [2.45, 2.75) is 0 Å². The molecule has 6 N–H and O–H groups in total. The number of carbonyl (C=O) groups is 2. The zero-order chi connectivity index (χ0) is 23.8. The van der Waals surface area contributed by atoms with E-state index >= 15 is 0 Å². The average molecular weight is 438 g/mol. The van der Waals surface area contributed by atoms with E-state index in [9.17, 15) is 14.7 Å². The molecule has 32 heavy (non-hydrogen) atoms. The summed E-state index contributed by atoms with van der Waals surface area (Å²) in [4.78, 5) is 25.5. The van der Waals surface area contributed by atoms with Gasteiger partial charge in [-0.1, -0.05) is 12.1 Å². The molecule has 0 fully saturated rings. The average Bonchev–Trinajstić information content (AvgIpc) is 2.78. The van der Waals surface area contributed by atoms with Crippen LogP contribution in [0.3, 0.4) is 0 Å². The molecule has 0 aliphatic carbocycles. The molecule has 0 heterocycles. The largest absolute Gasteiger partial charge is 0.506 e. The maximum Gasteiger partial charge on any atom is 0.253 e. The van der Waals surface area contributed by atoms with Crippen LogP contribution >= 0.6 is 0 Å². The lowest BCUT2D eigenvalue weighted by Gasteiger charge is -2.11. The highest BCUT2D eigenvalue weighted by Gasteiger charge is 2.15. The molecule has 0 saturated carbocycles. The number of nitrogen functional groups attached to an aromatic ring is 1. The topological polar surface area (TPSA) is 153 Å². The van der Waals surface area contributed by atoms with Gasteiger partial charge < -0.3 is 31.2 Å². The van der Waals surface area contributed by atoms with Gasteiger partial charge in [-0.05, 0) is 35.9 Å². The molecule has 9 nitrogen and oxygen atoms in total. The highest BCUT2D eigenvalue weighted by atomic mass is 16.5. The summed E-state index contributed by atoms with van der Waals surface area (Å²) in [5, 5.41) is 29.4. The number of nitrogens with zero attached hydrogens (tertiary/aromatic N) is 1. The summed E-state index contributed by atoms with van der Waals surface area (Å²) in [6.45, 7) is 0.728. The van der Waals surface area contributed by atoms with Crippen LogP contribution in [0.1, 0.15) is 31.8 Å². The molecule has 2 amide bonds. The number of nitrogens with two attached hydrogens (primary N) is 1. The van der Waals surface area contributed by atoms with Crippen molar-refractivity contribution in [1.29, 1.82) is 10.8 Å². The van der Waals surface area contributed by atoms with Gasteiger partial charge in [0.05, 0.1) is 12.3 Å². The van der Waals surface area contributed by atoms with E-state index in [2.05, 4.69) is 5.32 Å². The first-order valence-electron chi connectivity index (χ1n) is 9.73. The van der Waals surface area contributed by atoms with Crippen molar-refractivity contribution in [3.05, 3.63) is 76.6 Å². The molecule has 0 aromatic heterocycles. The summed E-state index contributed by atoms with van der Waals surface area (Å²) in [5.41, 5.74) is 7.31. The van der Waals surface area contributed by atoms with Crippen LogP contribution in [0.5, 0.6) is 0 Å². The van der Waals surface area contributed by atoms with Gasteiger partial charge in [0.25, 0.3) is 11.8 Å². The number of ether oxygens (including phenoxy) is 1. The highest BCUT2D eigenvalue weighted by molar-refractivity contribution is 6.17. The Morgan fingerprint density at radius 2 is 1.69 bits per heavy atom. The van der Waals surface area contributed by atoms with E-state index in [1.165, 1.54) is 30.2 Å². The van der Waals surface area contributed by atoms with Gasteiger partial charge in [0.1, 0.15) is 11.5 Å². The molecule has 0 spiro atoms. The fourth-order valence-electron chi connectivity index (χ4n) is 2.78. The molecule has 0 radical (unpaired) electrons. The van der Waals surface area contributed by atoms with Crippen LogP contribution in [0.2, 0.25) is 0 Å². The number of amides is 2. The lowest BCUT2D eigenvalue weighted by atomic mass is 10.0. The molecule has 168 valence electrons. The predicted molar refractivity (Wildman–Crippen MR) is 124 cm³/mol. The summed E-state index contributed by atoms with van der Waals surface area (Å²) in [7, 11) is 4.83. The highest BCUT2D eigenvalue weighted by Crippen LogP contribution is 2.18. The summed E-state index contributed by atoms with van der Waals surface area (Å²) in [5.74, 6) is -0.938. The van der Waals surface area contributed by atoms with Gasteiger partial charge in [-0.2, -0.15) is 0 Å². The Bertz CT molecular complexity index is 1060. The third kappa shape index (κ3) is 6.02. The van der Waals surface area contributed by atoms with Crippen molar-refractivity contribution < 1.29 is 19.4 Å². The number of carbonyl (C=O) groups excluding carboxylic acids is 2. The van der Waals surface area contributed by atoms with Gasteiger partial charge in [-0.25, -0.2) is 0 Å². The minimum absolute atomic E-state index is 0.0381. The van der Waals surface area contributed by atoms with Crippen molar-refractivity contribution >= 4 is 28.9 Å². The second-order valence-corrected chi connectivity index (χ2v) is 7.15. The van der Waals surface area contributed by atoms with Gasteiger partial charge in [0, 0.05) is 56.2 Å². The van der Waals surface area contributed by atoms with Crippen LogP contribution in [0.4, 0.5) is 5.69 Å². The van der Waals surface area contributed by atoms with E-state index in [0.29, 0.717) is 29.8 Å². The number of benzene rings is 2. The molecule has 2 aromatic carbocycles. The fraction of sp³-hybridized carbons (Fsp3) is 0.217. The number of anilines is 1. The van der Waals surface area contributed by atoms with E-state index in [4.69, 9.17) is 21.3 Å². The maximum absolute atomic E-state index is 12.1. The quantitative estimate of drug-likeness (QED) is 0.176. The predicted octanol–water partition coefficient (Wildman–Crippen LogP) is 2.22. The van der Waals surface area contributed by atoms with E-state index < -0.39 is 5.76 Å². The Balaban J connectivity index is 2.14. The molecule has 2 aromatic rings. The zero-order valence-electron chi connectivity index (χ0n) is 18.2. The number of aliphatic hydroxyl groups excluding tert-OH is 1.